The average molecular weight is 303 g/mol. The number of amides is 1. The van der Waals surface area contributed by atoms with Crippen LogP contribution in [0.4, 0.5) is 0 Å². The van der Waals surface area contributed by atoms with Crippen molar-refractivity contribution in [2.24, 2.45) is 0 Å². The molecule has 0 aliphatic heterocycles. The molecule has 22 heavy (non-hydrogen) atoms. The number of rotatable bonds is 5. The second-order valence-electron chi connectivity index (χ2n) is 5.23. The zero-order valence-electron chi connectivity index (χ0n) is 12.4. The molecule has 1 aliphatic rings. The minimum absolute atomic E-state index is 0.151. The van der Waals surface area contributed by atoms with E-state index in [1.165, 1.54) is 0 Å². The van der Waals surface area contributed by atoms with E-state index >= 15 is 0 Å². The molecule has 6 nitrogen and oxygen atoms in total. The third-order valence-corrected chi connectivity index (χ3v) is 3.75. The van der Waals surface area contributed by atoms with Crippen LogP contribution in [0, 0.1) is 0 Å². The Morgan fingerprint density at radius 3 is 2.41 bits per heavy atom. The van der Waals surface area contributed by atoms with E-state index in [1.54, 1.807) is 31.2 Å². The van der Waals surface area contributed by atoms with Gasteiger partial charge >= 0.3 is 0 Å². The van der Waals surface area contributed by atoms with Crippen LogP contribution in [-0.4, -0.2) is 41.8 Å². The van der Waals surface area contributed by atoms with Crippen molar-refractivity contribution in [3.8, 4) is 0 Å². The number of benzene rings is 1. The summed E-state index contributed by atoms with van der Waals surface area (Å²) in [6.45, 7) is 1.52. The number of nitrogens with one attached hydrogen (secondary N) is 1. The Kier molecular flexibility index (Phi) is 4.85. The lowest BCUT2D eigenvalue weighted by Gasteiger charge is -2.19. The van der Waals surface area contributed by atoms with Crippen LogP contribution < -0.4 is 11.1 Å². The highest BCUT2D eigenvalue weighted by molar-refractivity contribution is 6.26. The molecule has 1 amide bonds. The molecular formula is C16H19N2O4+. The standard InChI is InChI=1S/C16H18N2O4/c1-9-10(6-7-18-16(22)13(17)8-19)15(21)12-5-3-2-4-11(12)14(9)20/h2-5,13,19H,6-8,17H2,1H3,(H,18,22)/p+1. The van der Waals surface area contributed by atoms with Crippen molar-refractivity contribution in [3.05, 3.63) is 46.5 Å². The van der Waals surface area contributed by atoms with Gasteiger partial charge in [0.1, 0.15) is 6.61 Å². The predicted octanol–water partition coefficient (Wildman–Crippen LogP) is -0.509. The number of aliphatic hydroxyl groups is 1. The lowest BCUT2D eigenvalue weighted by molar-refractivity contribution is -0.409. The van der Waals surface area contributed by atoms with Crippen LogP contribution in [0.15, 0.2) is 35.4 Å². The van der Waals surface area contributed by atoms with Crippen LogP contribution in [0.3, 0.4) is 0 Å². The first-order valence-electron chi connectivity index (χ1n) is 7.07. The Labute approximate surface area is 128 Å². The quantitative estimate of drug-likeness (QED) is 0.680. The van der Waals surface area contributed by atoms with E-state index in [4.69, 9.17) is 5.11 Å². The summed E-state index contributed by atoms with van der Waals surface area (Å²) in [5.74, 6) is -0.701. The summed E-state index contributed by atoms with van der Waals surface area (Å²) in [5, 5.41) is 11.5. The largest absolute Gasteiger partial charge is 0.390 e. The van der Waals surface area contributed by atoms with Crippen molar-refractivity contribution in [1.82, 2.24) is 5.32 Å². The zero-order chi connectivity index (χ0) is 16.3. The maximum atomic E-state index is 12.5. The number of aliphatic hydroxyl groups excluding tert-OH is 1. The van der Waals surface area contributed by atoms with E-state index in [9.17, 15) is 14.4 Å². The highest BCUT2D eigenvalue weighted by Crippen LogP contribution is 2.27. The van der Waals surface area contributed by atoms with Gasteiger partial charge in [-0.25, -0.2) is 0 Å². The summed E-state index contributed by atoms with van der Waals surface area (Å²) in [4.78, 5) is 36.3. The second-order valence-corrected chi connectivity index (χ2v) is 5.23. The van der Waals surface area contributed by atoms with Gasteiger partial charge in [-0.3, -0.25) is 14.4 Å². The number of hydrogen-bond donors (Lipinski definition) is 3. The molecule has 0 aromatic heterocycles. The first-order valence-corrected chi connectivity index (χ1v) is 7.07. The Bertz CT molecular complexity index is 664. The van der Waals surface area contributed by atoms with Crippen LogP contribution >= 0.6 is 0 Å². The Morgan fingerprint density at radius 2 is 1.82 bits per heavy atom. The topological polar surface area (TPSA) is 111 Å². The smallest absolute Gasteiger partial charge is 0.280 e. The van der Waals surface area contributed by atoms with Crippen LogP contribution in [0.2, 0.25) is 0 Å². The van der Waals surface area contributed by atoms with Crippen LogP contribution in [0.5, 0.6) is 0 Å². The average Bonchev–Trinajstić information content (AvgIpc) is 2.54. The van der Waals surface area contributed by atoms with Crippen molar-refractivity contribution in [2.45, 2.75) is 19.4 Å². The van der Waals surface area contributed by atoms with Gasteiger partial charge in [0, 0.05) is 28.8 Å². The van der Waals surface area contributed by atoms with E-state index in [0.717, 1.165) is 0 Å². The number of quaternary nitrogens is 1. The lowest BCUT2D eigenvalue weighted by atomic mass is 9.83. The van der Waals surface area contributed by atoms with Gasteiger partial charge in [0.25, 0.3) is 5.91 Å². The normalized spacial score (nSPS) is 15.6. The molecule has 116 valence electrons. The highest BCUT2D eigenvalue weighted by atomic mass is 16.3. The molecule has 1 unspecified atom stereocenters. The number of carbonyl (C=O) groups is 3. The van der Waals surface area contributed by atoms with Gasteiger partial charge in [-0.15, -0.1) is 0 Å². The fourth-order valence-electron chi connectivity index (χ4n) is 2.39. The molecule has 1 aromatic carbocycles. The summed E-state index contributed by atoms with van der Waals surface area (Å²) in [5.41, 5.74) is 5.18. The molecule has 0 saturated heterocycles. The van der Waals surface area contributed by atoms with E-state index in [0.29, 0.717) is 22.3 Å². The van der Waals surface area contributed by atoms with Crippen LogP contribution in [0.25, 0.3) is 0 Å². The van der Waals surface area contributed by atoms with Crippen LogP contribution in [-0.2, 0) is 4.79 Å². The number of allylic oxidation sites excluding steroid dienone is 1. The van der Waals surface area contributed by atoms with Gasteiger partial charge in [-0.05, 0) is 13.3 Å². The maximum absolute atomic E-state index is 12.5. The van der Waals surface area contributed by atoms with E-state index < -0.39 is 6.04 Å². The molecule has 0 saturated carbocycles. The summed E-state index contributed by atoms with van der Waals surface area (Å²) < 4.78 is 0. The fourth-order valence-corrected chi connectivity index (χ4v) is 2.39. The summed E-state index contributed by atoms with van der Waals surface area (Å²) in [6.07, 6.45) is 0.272. The molecule has 5 N–H and O–H groups in total. The molecule has 2 rings (SSSR count). The molecule has 0 spiro atoms. The van der Waals surface area contributed by atoms with Gasteiger partial charge in [0.15, 0.2) is 17.6 Å². The van der Waals surface area contributed by atoms with Gasteiger partial charge in [-0.2, -0.15) is 0 Å². The fraction of sp³-hybridized carbons (Fsp3) is 0.312. The highest BCUT2D eigenvalue weighted by Gasteiger charge is 2.29. The van der Waals surface area contributed by atoms with E-state index in [-0.39, 0.29) is 37.0 Å². The maximum Gasteiger partial charge on any atom is 0.280 e. The van der Waals surface area contributed by atoms with Crippen molar-refractivity contribution in [1.29, 1.82) is 0 Å². The van der Waals surface area contributed by atoms with Gasteiger partial charge in [0.2, 0.25) is 0 Å². The number of hydrogen-bond acceptors (Lipinski definition) is 4. The van der Waals surface area contributed by atoms with Crippen LogP contribution in [0.1, 0.15) is 34.1 Å². The van der Waals surface area contributed by atoms with Crippen molar-refractivity contribution >= 4 is 17.5 Å². The molecule has 1 atom stereocenters. The monoisotopic (exact) mass is 303 g/mol. The summed E-state index contributed by atoms with van der Waals surface area (Å²) in [6, 6.07) is 5.99. The van der Waals surface area contributed by atoms with Gasteiger partial charge in [-0.1, -0.05) is 24.3 Å². The van der Waals surface area contributed by atoms with Gasteiger partial charge < -0.3 is 16.2 Å². The predicted molar refractivity (Wildman–Crippen MR) is 79.2 cm³/mol. The number of Topliss-reactive ketones (excluding diaryl/α,β-unsaturated/α-hetero) is 2. The second kappa shape index (κ2) is 6.64. The van der Waals surface area contributed by atoms with Crippen molar-refractivity contribution < 1.29 is 25.2 Å². The van der Waals surface area contributed by atoms with Crippen molar-refractivity contribution in [2.75, 3.05) is 13.2 Å². The molecule has 0 bridgehead atoms. The van der Waals surface area contributed by atoms with E-state index in [1.807, 2.05) is 0 Å². The number of carbonyl (C=O) groups excluding carboxylic acids is 3. The molecule has 0 radical (unpaired) electrons. The number of fused-ring (bicyclic) bond motifs is 1. The Balaban J connectivity index is 2.12. The molecule has 6 heteroatoms. The molecule has 1 aromatic rings. The molecule has 0 heterocycles. The Morgan fingerprint density at radius 1 is 1.23 bits per heavy atom. The van der Waals surface area contributed by atoms with E-state index in [2.05, 4.69) is 11.1 Å². The molecule has 1 aliphatic carbocycles. The minimum Gasteiger partial charge on any atom is -0.390 e. The minimum atomic E-state index is -0.737. The zero-order valence-corrected chi connectivity index (χ0v) is 12.4. The summed E-state index contributed by atoms with van der Waals surface area (Å²) >= 11 is 0. The Hall–Kier alpha value is -2.31. The summed E-state index contributed by atoms with van der Waals surface area (Å²) in [7, 11) is 0. The van der Waals surface area contributed by atoms with Crippen molar-refractivity contribution in [3.63, 3.8) is 0 Å². The molecule has 0 fully saturated rings. The number of ketones is 2. The first kappa shape index (κ1) is 16.1. The third-order valence-electron chi connectivity index (χ3n) is 3.75. The molecular weight excluding hydrogens is 284 g/mol. The first-order chi connectivity index (χ1) is 10.5. The lowest BCUT2D eigenvalue weighted by Crippen LogP contribution is -2.69. The SMILES string of the molecule is CC1=C(CCNC(=O)C([NH3+])CO)C(=O)c2ccccc2C1=O. The van der Waals surface area contributed by atoms with Gasteiger partial charge in [0.05, 0.1) is 0 Å². The third kappa shape index (κ3) is 2.98.